The summed E-state index contributed by atoms with van der Waals surface area (Å²) in [4.78, 5) is -0.524. The molecule has 3 heteroatoms. The van der Waals surface area contributed by atoms with Crippen molar-refractivity contribution in [3.8, 4) is 5.75 Å². The summed E-state index contributed by atoms with van der Waals surface area (Å²) >= 11 is 6.54. The van der Waals surface area contributed by atoms with Gasteiger partial charge in [-0.15, -0.1) is 11.6 Å². The molecule has 2 atom stereocenters. The lowest BCUT2D eigenvalue weighted by atomic mass is 9.88. The minimum Gasteiger partial charge on any atom is -0.497 e. The molecule has 0 amide bonds. The maximum absolute atomic E-state index is 6.54. The highest BCUT2D eigenvalue weighted by molar-refractivity contribution is 6.26. The Labute approximate surface area is 107 Å². The van der Waals surface area contributed by atoms with Gasteiger partial charge in [-0.25, -0.2) is 0 Å². The molecule has 0 radical (unpaired) electrons. The van der Waals surface area contributed by atoms with Crippen molar-refractivity contribution in [2.45, 2.75) is 17.3 Å². The summed E-state index contributed by atoms with van der Waals surface area (Å²) in [6.07, 6.45) is 8.47. The van der Waals surface area contributed by atoms with Crippen molar-refractivity contribution in [3.63, 3.8) is 0 Å². The lowest BCUT2D eigenvalue weighted by Gasteiger charge is -2.30. The topological polar surface area (TPSA) is 35.2 Å². The Morgan fingerprint density at radius 3 is 2.59 bits per heavy atom. The molecule has 2 N–H and O–H groups in total. The van der Waals surface area contributed by atoms with Gasteiger partial charge >= 0.3 is 0 Å². The van der Waals surface area contributed by atoms with Gasteiger partial charge in [-0.1, -0.05) is 36.4 Å². The van der Waals surface area contributed by atoms with E-state index in [0.29, 0.717) is 6.42 Å². The average Bonchev–Trinajstić information content (AvgIpc) is 2.34. The van der Waals surface area contributed by atoms with E-state index in [0.717, 1.165) is 11.3 Å². The van der Waals surface area contributed by atoms with E-state index in [1.165, 1.54) is 0 Å². The van der Waals surface area contributed by atoms with Crippen molar-refractivity contribution in [3.05, 3.63) is 54.1 Å². The normalized spacial score (nSPS) is 27.1. The number of hydrogen-bond donors (Lipinski definition) is 1. The zero-order valence-corrected chi connectivity index (χ0v) is 10.5. The maximum atomic E-state index is 6.54. The highest BCUT2D eigenvalue weighted by Crippen LogP contribution is 2.29. The molecule has 1 aliphatic carbocycles. The van der Waals surface area contributed by atoms with Crippen LogP contribution in [-0.2, 0) is 6.42 Å². The Bertz CT molecular complexity index is 438. The van der Waals surface area contributed by atoms with Gasteiger partial charge in [-0.2, -0.15) is 0 Å². The molecule has 0 saturated heterocycles. The van der Waals surface area contributed by atoms with Gasteiger partial charge < -0.3 is 10.5 Å². The van der Waals surface area contributed by atoms with Gasteiger partial charge in [0, 0.05) is 6.04 Å². The lowest BCUT2D eigenvalue weighted by Crippen LogP contribution is -2.43. The zero-order valence-electron chi connectivity index (χ0n) is 9.77. The molecular formula is C14H16ClNO. The molecule has 17 heavy (non-hydrogen) atoms. The summed E-state index contributed by atoms with van der Waals surface area (Å²) in [7, 11) is 1.66. The monoisotopic (exact) mass is 249 g/mol. The molecule has 1 aliphatic rings. The van der Waals surface area contributed by atoms with E-state index in [4.69, 9.17) is 22.1 Å². The first kappa shape index (κ1) is 12.2. The number of nitrogens with two attached hydrogens (primary N) is 1. The van der Waals surface area contributed by atoms with E-state index in [1.807, 2.05) is 48.6 Å². The third-order valence-electron chi connectivity index (χ3n) is 2.99. The van der Waals surface area contributed by atoms with Crippen LogP contribution >= 0.6 is 11.6 Å². The molecule has 0 aromatic heterocycles. The Hall–Kier alpha value is -1.25. The van der Waals surface area contributed by atoms with Crippen LogP contribution in [0.4, 0.5) is 0 Å². The van der Waals surface area contributed by atoms with Crippen LogP contribution in [0, 0.1) is 0 Å². The number of allylic oxidation sites excluding steroid dienone is 2. The molecule has 0 fully saturated rings. The third kappa shape index (κ3) is 2.71. The van der Waals surface area contributed by atoms with E-state index >= 15 is 0 Å². The molecule has 0 bridgehead atoms. The van der Waals surface area contributed by atoms with E-state index in [9.17, 15) is 0 Å². The predicted octanol–water partition coefficient (Wildman–Crippen LogP) is 2.67. The van der Waals surface area contributed by atoms with Gasteiger partial charge in [0.2, 0.25) is 0 Å². The molecule has 1 aromatic carbocycles. The summed E-state index contributed by atoms with van der Waals surface area (Å²) in [5, 5.41) is 0. The number of rotatable bonds is 3. The summed E-state index contributed by atoms with van der Waals surface area (Å²) in [6.45, 7) is 0. The minimum atomic E-state index is -0.524. The van der Waals surface area contributed by atoms with Crippen molar-refractivity contribution in [2.24, 2.45) is 5.73 Å². The first-order chi connectivity index (χ1) is 8.14. The smallest absolute Gasteiger partial charge is 0.118 e. The predicted molar refractivity (Wildman–Crippen MR) is 71.5 cm³/mol. The molecule has 2 nitrogen and oxygen atoms in total. The molecule has 0 aliphatic heterocycles. The quantitative estimate of drug-likeness (QED) is 0.836. The number of hydrogen-bond acceptors (Lipinski definition) is 2. The van der Waals surface area contributed by atoms with Gasteiger partial charge in [-0.05, 0) is 24.1 Å². The summed E-state index contributed by atoms with van der Waals surface area (Å²) in [6, 6.07) is 7.74. The van der Waals surface area contributed by atoms with Crippen LogP contribution in [0.3, 0.4) is 0 Å². The van der Waals surface area contributed by atoms with E-state index in [2.05, 4.69) is 0 Å². The first-order valence-corrected chi connectivity index (χ1v) is 5.95. The minimum absolute atomic E-state index is 0.156. The highest BCUT2D eigenvalue weighted by Gasteiger charge is 2.31. The molecule has 1 aromatic rings. The molecule has 0 heterocycles. The largest absolute Gasteiger partial charge is 0.497 e. The Kier molecular flexibility index (Phi) is 3.55. The number of alkyl halides is 1. The van der Waals surface area contributed by atoms with E-state index in [-0.39, 0.29) is 6.04 Å². The second-order valence-electron chi connectivity index (χ2n) is 4.22. The molecule has 0 spiro atoms. The van der Waals surface area contributed by atoms with Crippen molar-refractivity contribution < 1.29 is 4.74 Å². The molecular weight excluding hydrogens is 234 g/mol. The van der Waals surface area contributed by atoms with Crippen LogP contribution < -0.4 is 10.5 Å². The van der Waals surface area contributed by atoms with Crippen molar-refractivity contribution >= 4 is 11.6 Å². The van der Waals surface area contributed by atoms with Crippen LogP contribution in [0.25, 0.3) is 0 Å². The summed E-state index contributed by atoms with van der Waals surface area (Å²) in [5.74, 6) is 0.848. The Morgan fingerprint density at radius 1 is 1.29 bits per heavy atom. The standard InChI is InChI=1S/C14H16ClNO/c1-17-12-7-5-11(6-8-12)10-14(15)9-3-2-4-13(14)16/h2-9,13H,10,16H2,1H3. The van der Waals surface area contributed by atoms with Crippen molar-refractivity contribution in [1.29, 1.82) is 0 Å². The number of halogens is 1. The van der Waals surface area contributed by atoms with E-state index in [1.54, 1.807) is 7.11 Å². The fourth-order valence-electron chi connectivity index (χ4n) is 1.90. The maximum Gasteiger partial charge on any atom is 0.118 e. The molecule has 90 valence electrons. The van der Waals surface area contributed by atoms with Gasteiger partial charge in [0.05, 0.1) is 12.0 Å². The average molecular weight is 250 g/mol. The van der Waals surface area contributed by atoms with Crippen molar-refractivity contribution in [2.75, 3.05) is 7.11 Å². The SMILES string of the molecule is COc1ccc(CC2(Cl)C=CC=CC2N)cc1. The van der Waals surface area contributed by atoms with Gasteiger partial charge in [0.1, 0.15) is 5.75 Å². The number of methoxy groups -OCH3 is 1. The van der Waals surface area contributed by atoms with Gasteiger partial charge in [-0.3, -0.25) is 0 Å². The Morgan fingerprint density at radius 2 is 2.00 bits per heavy atom. The fraction of sp³-hybridized carbons (Fsp3) is 0.286. The molecule has 2 unspecified atom stereocenters. The van der Waals surface area contributed by atoms with Crippen LogP contribution in [0.15, 0.2) is 48.6 Å². The van der Waals surface area contributed by atoms with Crippen LogP contribution in [0.2, 0.25) is 0 Å². The number of benzene rings is 1. The van der Waals surface area contributed by atoms with Gasteiger partial charge in [0.25, 0.3) is 0 Å². The van der Waals surface area contributed by atoms with Crippen LogP contribution in [0.1, 0.15) is 5.56 Å². The van der Waals surface area contributed by atoms with Gasteiger partial charge in [0.15, 0.2) is 0 Å². The lowest BCUT2D eigenvalue weighted by molar-refractivity contribution is 0.414. The second-order valence-corrected chi connectivity index (χ2v) is 4.93. The first-order valence-electron chi connectivity index (χ1n) is 5.57. The zero-order chi connectivity index (χ0) is 12.3. The highest BCUT2D eigenvalue weighted by atomic mass is 35.5. The van der Waals surface area contributed by atoms with Crippen LogP contribution in [0.5, 0.6) is 5.75 Å². The summed E-state index contributed by atoms with van der Waals surface area (Å²) < 4.78 is 5.12. The molecule has 2 rings (SSSR count). The third-order valence-corrected chi connectivity index (χ3v) is 3.50. The van der Waals surface area contributed by atoms with E-state index < -0.39 is 4.87 Å². The van der Waals surface area contributed by atoms with Crippen molar-refractivity contribution in [1.82, 2.24) is 0 Å². The van der Waals surface area contributed by atoms with Crippen LogP contribution in [-0.4, -0.2) is 18.0 Å². The molecule has 0 saturated carbocycles. The second kappa shape index (κ2) is 4.94. The Balaban J connectivity index is 2.14. The summed E-state index contributed by atoms with van der Waals surface area (Å²) in [5.41, 5.74) is 7.17. The number of ether oxygens (including phenoxy) is 1. The fourth-order valence-corrected chi connectivity index (χ4v) is 2.20.